The second kappa shape index (κ2) is 7.28. The van der Waals surface area contributed by atoms with Crippen molar-refractivity contribution in [3.63, 3.8) is 0 Å². The number of thiazole rings is 1. The third-order valence-electron chi connectivity index (χ3n) is 3.63. The van der Waals surface area contributed by atoms with Crippen molar-refractivity contribution < 1.29 is 9.53 Å². The van der Waals surface area contributed by atoms with E-state index in [2.05, 4.69) is 15.1 Å². The summed E-state index contributed by atoms with van der Waals surface area (Å²) in [6.45, 7) is 0.110. The molecule has 0 aliphatic rings. The molecule has 0 amide bonds. The first-order valence-electron chi connectivity index (χ1n) is 7.92. The Morgan fingerprint density at radius 1 is 1.12 bits per heavy atom. The Kier molecular flexibility index (Phi) is 4.53. The van der Waals surface area contributed by atoms with Crippen LogP contribution in [-0.2, 0) is 11.3 Å². The minimum atomic E-state index is -0.431. The number of esters is 1. The van der Waals surface area contributed by atoms with Gasteiger partial charge < -0.3 is 4.74 Å². The van der Waals surface area contributed by atoms with Gasteiger partial charge in [-0.1, -0.05) is 24.3 Å². The smallest absolute Gasteiger partial charge is 0.341 e. The number of hydrogen-bond donors (Lipinski definition) is 0. The Morgan fingerprint density at radius 2 is 1.96 bits per heavy atom. The van der Waals surface area contributed by atoms with Crippen LogP contribution < -0.4 is 0 Å². The topological polar surface area (TPSA) is 69.9 Å². The third kappa shape index (κ3) is 3.52. The summed E-state index contributed by atoms with van der Waals surface area (Å²) < 4.78 is 6.98. The van der Waals surface area contributed by atoms with Crippen molar-refractivity contribution in [3.05, 3.63) is 83.8 Å². The number of benzene rings is 1. The van der Waals surface area contributed by atoms with Crippen LogP contribution in [0, 0.1) is 0 Å². The molecule has 1 aromatic carbocycles. The quantitative estimate of drug-likeness (QED) is 0.506. The Balaban J connectivity index is 1.40. The zero-order valence-corrected chi connectivity index (χ0v) is 14.5. The van der Waals surface area contributed by atoms with Gasteiger partial charge in [-0.3, -0.25) is 4.98 Å². The van der Waals surface area contributed by atoms with Crippen LogP contribution in [0.5, 0.6) is 0 Å². The highest BCUT2D eigenvalue weighted by Gasteiger charge is 2.13. The molecule has 26 heavy (non-hydrogen) atoms. The summed E-state index contributed by atoms with van der Waals surface area (Å²) in [5.41, 5.74) is 2.78. The van der Waals surface area contributed by atoms with Gasteiger partial charge in [0.25, 0.3) is 0 Å². The molecule has 0 bridgehead atoms. The Bertz CT molecular complexity index is 1010. The Labute approximate surface area is 153 Å². The molecule has 0 N–H and O–H groups in total. The van der Waals surface area contributed by atoms with Crippen molar-refractivity contribution in [3.8, 4) is 16.4 Å². The fourth-order valence-electron chi connectivity index (χ4n) is 2.35. The van der Waals surface area contributed by atoms with Crippen LogP contribution in [0.4, 0.5) is 0 Å². The molecule has 6 nitrogen and oxygen atoms in total. The van der Waals surface area contributed by atoms with Crippen LogP contribution in [0.3, 0.4) is 0 Å². The van der Waals surface area contributed by atoms with E-state index in [0.717, 1.165) is 16.4 Å². The van der Waals surface area contributed by atoms with Gasteiger partial charge >= 0.3 is 5.97 Å². The van der Waals surface area contributed by atoms with Crippen molar-refractivity contribution in [2.45, 2.75) is 6.61 Å². The Hall–Kier alpha value is -3.32. The highest BCUT2D eigenvalue weighted by molar-refractivity contribution is 7.13. The van der Waals surface area contributed by atoms with E-state index in [-0.39, 0.29) is 6.61 Å². The molecule has 0 fully saturated rings. The average Bonchev–Trinajstić information content (AvgIpc) is 3.37. The van der Waals surface area contributed by atoms with E-state index in [0.29, 0.717) is 11.3 Å². The molecule has 7 heteroatoms. The highest BCUT2D eigenvalue weighted by Crippen LogP contribution is 2.21. The number of carbonyl (C=O) groups is 1. The fourth-order valence-corrected chi connectivity index (χ4v) is 3.13. The zero-order chi connectivity index (χ0) is 17.8. The second-order valence-electron chi connectivity index (χ2n) is 5.44. The molecule has 128 valence electrons. The lowest BCUT2D eigenvalue weighted by molar-refractivity contribution is 0.0468. The molecular weight excluding hydrogens is 348 g/mol. The van der Waals surface area contributed by atoms with E-state index in [9.17, 15) is 4.79 Å². The van der Waals surface area contributed by atoms with Gasteiger partial charge in [-0.15, -0.1) is 11.3 Å². The first-order chi connectivity index (χ1) is 12.8. The van der Waals surface area contributed by atoms with Gasteiger partial charge in [0.1, 0.15) is 11.6 Å². The standard InChI is InChI=1S/C19H14N4O2S/c24-19(14-10-21-23(11-14)16-6-2-1-3-7-16)25-12-15-13-26-18(22-15)17-8-4-5-9-20-17/h1-11,13H,12H2. The summed E-state index contributed by atoms with van der Waals surface area (Å²) >= 11 is 1.47. The van der Waals surface area contributed by atoms with Gasteiger partial charge in [0.05, 0.1) is 28.8 Å². The first-order valence-corrected chi connectivity index (χ1v) is 8.80. The van der Waals surface area contributed by atoms with Crippen molar-refractivity contribution in [1.29, 1.82) is 0 Å². The lowest BCUT2D eigenvalue weighted by atomic mass is 10.3. The molecule has 0 aliphatic heterocycles. The van der Waals surface area contributed by atoms with Gasteiger partial charge in [0.15, 0.2) is 0 Å². The van der Waals surface area contributed by atoms with Crippen molar-refractivity contribution in [2.75, 3.05) is 0 Å². The molecule has 0 atom stereocenters. The van der Waals surface area contributed by atoms with Crippen LogP contribution in [0.1, 0.15) is 16.1 Å². The number of pyridine rings is 1. The molecular formula is C19H14N4O2S. The first kappa shape index (κ1) is 16.2. The molecule has 3 heterocycles. The maximum Gasteiger partial charge on any atom is 0.341 e. The van der Waals surface area contributed by atoms with Crippen LogP contribution in [0.15, 0.2) is 72.5 Å². The number of para-hydroxylation sites is 1. The second-order valence-corrected chi connectivity index (χ2v) is 6.30. The maximum atomic E-state index is 12.2. The minimum Gasteiger partial charge on any atom is -0.455 e. The van der Waals surface area contributed by atoms with E-state index in [1.54, 1.807) is 17.1 Å². The van der Waals surface area contributed by atoms with Crippen LogP contribution in [-0.4, -0.2) is 25.7 Å². The zero-order valence-electron chi connectivity index (χ0n) is 13.6. The van der Waals surface area contributed by atoms with Gasteiger partial charge in [-0.25, -0.2) is 14.5 Å². The van der Waals surface area contributed by atoms with E-state index in [1.165, 1.54) is 17.5 Å². The largest absolute Gasteiger partial charge is 0.455 e. The number of hydrogen-bond acceptors (Lipinski definition) is 6. The normalized spacial score (nSPS) is 10.6. The number of carbonyl (C=O) groups excluding carboxylic acids is 1. The van der Waals surface area contributed by atoms with Crippen molar-refractivity contribution >= 4 is 17.3 Å². The van der Waals surface area contributed by atoms with Crippen molar-refractivity contribution in [1.82, 2.24) is 19.7 Å². The number of ether oxygens (including phenoxy) is 1. The third-order valence-corrected chi connectivity index (χ3v) is 4.54. The van der Waals surface area contributed by atoms with E-state index >= 15 is 0 Å². The van der Waals surface area contributed by atoms with E-state index in [4.69, 9.17) is 4.74 Å². The molecule has 0 spiro atoms. The van der Waals surface area contributed by atoms with Gasteiger partial charge in [-0.2, -0.15) is 5.10 Å². The minimum absolute atomic E-state index is 0.110. The molecule has 3 aromatic heterocycles. The predicted octanol–water partition coefficient (Wildman–Crippen LogP) is 3.75. The summed E-state index contributed by atoms with van der Waals surface area (Å²) in [5, 5.41) is 6.87. The van der Waals surface area contributed by atoms with E-state index < -0.39 is 5.97 Å². The van der Waals surface area contributed by atoms with E-state index in [1.807, 2.05) is 53.9 Å². The maximum absolute atomic E-state index is 12.2. The fraction of sp³-hybridized carbons (Fsp3) is 0.0526. The Morgan fingerprint density at radius 3 is 2.77 bits per heavy atom. The molecule has 0 aliphatic carbocycles. The van der Waals surface area contributed by atoms with Crippen LogP contribution in [0.25, 0.3) is 16.4 Å². The van der Waals surface area contributed by atoms with Gasteiger partial charge in [0.2, 0.25) is 0 Å². The lowest BCUT2D eigenvalue weighted by Crippen LogP contribution is -2.04. The summed E-state index contributed by atoms with van der Waals surface area (Å²) in [5.74, 6) is -0.431. The average molecular weight is 362 g/mol. The van der Waals surface area contributed by atoms with Gasteiger partial charge in [-0.05, 0) is 24.3 Å². The highest BCUT2D eigenvalue weighted by atomic mass is 32.1. The lowest BCUT2D eigenvalue weighted by Gasteiger charge is -2.01. The summed E-state index contributed by atoms with van der Waals surface area (Å²) in [6.07, 6.45) is 4.87. The molecule has 0 radical (unpaired) electrons. The van der Waals surface area contributed by atoms with Crippen molar-refractivity contribution in [2.24, 2.45) is 0 Å². The molecule has 4 rings (SSSR count). The molecule has 0 unspecified atom stereocenters. The number of nitrogens with zero attached hydrogens (tertiary/aromatic N) is 4. The molecule has 0 saturated heterocycles. The summed E-state index contributed by atoms with van der Waals surface area (Å²) in [6, 6.07) is 15.2. The molecule has 0 saturated carbocycles. The van der Waals surface area contributed by atoms with Gasteiger partial charge in [0, 0.05) is 17.8 Å². The number of aromatic nitrogens is 4. The number of rotatable bonds is 5. The summed E-state index contributed by atoms with van der Waals surface area (Å²) in [7, 11) is 0. The SMILES string of the molecule is O=C(OCc1csc(-c2ccccn2)n1)c1cnn(-c2ccccc2)c1. The monoisotopic (exact) mass is 362 g/mol. The van der Waals surface area contributed by atoms with Crippen LogP contribution in [0.2, 0.25) is 0 Å². The van der Waals surface area contributed by atoms with Crippen LogP contribution >= 0.6 is 11.3 Å². The summed E-state index contributed by atoms with van der Waals surface area (Å²) in [4.78, 5) is 20.9. The molecule has 4 aromatic rings. The predicted molar refractivity (Wildman–Crippen MR) is 98.0 cm³/mol.